The Kier molecular flexibility index (Phi) is 4.11. The maximum atomic E-state index is 6.65. The topological polar surface area (TPSA) is 52.0 Å². The molecule has 0 amide bonds. The van der Waals surface area contributed by atoms with Crippen molar-refractivity contribution in [3.05, 3.63) is 112 Å². The lowest BCUT2D eigenvalue weighted by atomic mass is 9.84. The molecule has 1 aromatic heterocycles. The van der Waals surface area contributed by atoms with Gasteiger partial charge in [0.15, 0.2) is 6.10 Å². The molecule has 1 N–H and O–H groups in total. The van der Waals surface area contributed by atoms with E-state index in [0.717, 1.165) is 33.7 Å². The van der Waals surface area contributed by atoms with Crippen molar-refractivity contribution in [2.24, 2.45) is 0 Å². The fourth-order valence-corrected chi connectivity index (χ4v) is 4.67. The van der Waals surface area contributed by atoms with E-state index in [1.807, 2.05) is 47.1 Å². The number of ether oxygens (including phenoxy) is 1. The first kappa shape index (κ1) is 18.2. The molecule has 2 atom stereocenters. The van der Waals surface area contributed by atoms with Gasteiger partial charge in [-0.15, -0.1) is 0 Å². The van der Waals surface area contributed by atoms with Crippen LogP contribution in [0.25, 0.3) is 5.70 Å². The maximum Gasteiger partial charge on any atom is 0.226 e. The van der Waals surface area contributed by atoms with Crippen LogP contribution in [0, 0.1) is 6.92 Å². The van der Waals surface area contributed by atoms with Gasteiger partial charge in [-0.05, 0) is 30.7 Å². The highest BCUT2D eigenvalue weighted by Crippen LogP contribution is 2.51. The van der Waals surface area contributed by atoms with Crippen LogP contribution in [0.1, 0.15) is 34.4 Å². The fourth-order valence-electron chi connectivity index (χ4n) is 4.43. The SMILES string of the molecule is Cc1ccc([C@@H]2C3=C(Nc4ncnn42)c2ccccc2O[C@H]3c2ccccc2Cl)cc1. The quantitative estimate of drug-likeness (QED) is 0.440. The number of nitrogens with zero attached hydrogens (tertiary/aromatic N) is 3. The first-order valence-electron chi connectivity index (χ1n) is 10.2. The van der Waals surface area contributed by atoms with Crippen LogP contribution >= 0.6 is 11.6 Å². The first-order chi connectivity index (χ1) is 15.2. The van der Waals surface area contributed by atoms with Crippen LogP contribution in [-0.2, 0) is 0 Å². The second-order valence-corrected chi connectivity index (χ2v) is 8.22. The molecule has 3 aromatic carbocycles. The number of rotatable bonds is 2. The number of aromatic nitrogens is 3. The molecule has 0 saturated carbocycles. The van der Waals surface area contributed by atoms with E-state index in [2.05, 4.69) is 52.7 Å². The Balaban J connectivity index is 1.65. The molecule has 0 saturated heterocycles. The van der Waals surface area contributed by atoms with Crippen LogP contribution in [0.4, 0.5) is 5.95 Å². The smallest absolute Gasteiger partial charge is 0.226 e. The lowest BCUT2D eigenvalue weighted by molar-refractivity contribution is 0.223. The van der Waals surface area contributed by atoms with E-state index in [0.29, 0.717) is 11.0 Å². The van der Waals surface area contributed by atoms with Crippen molar-refractivity contribution in [3.63, 3.8) is 0 Å². The van der Waals surface area contributed by atoms with Gasteiger partial charge in [0.05, 0.1) is 5.70 Å². The largest absolute Gasteiger partial charge is 0.480 e. The Morgan fingerprint density at radius 2 is 1.74 bits per heavy atom. The molecule has 2 aliphatic rings. The molecule has 31 heavy (non-hydrogen) atoms. The average molecular weight is 427 g/mol. The Morgan fingerprint density at radius 3 is 2.58 bits per heavy atom. The van der Waals surface area contributed by atoms with Gasteiger partial charge in [0, 0.05) is 21.7 Å². The lowest BCUT2D eigenvalue weighted by Gasteiger charge is -2.39. The van der Waals surface area contributed by atoms with Gasteiger partial charge in [-0.3, -0.25) is 0 Å². The third-order valence-corrected chi connectivity index (χ3v) is 6.25. The Labute approximate surface area is 185 Å². The number of anilines is 1. The normalized spacial score (nSPS) is 19.0. The number of hydrogen-bond donors (Lipinski definition) is 1. The lowest BCUT2D eigenvalue weighted by Crippen LogP contribution is -2.32. The van der Waals surface area contributed by atoms with E-state index < -0.39 is 0 Å². The molecule has 0 bridgehead atoms. The summed E-state index contributed by atoms with van der Waals surface area (Å²) in [7, 11) is 0. The van der Waals surface area contributed by atoms with Gasteiger partial charge >= 0.3 is 0 Å². The molecule has 0 aliphatic carbocycles. The van der Waals surface area contributed by atoms with Gasteiger partial charge in [-0.2, -0.15) is 10.1 Å². The molecular weight excluding hydrogens is 408 g/mol. The monoisotopic (exact) mass is 426 g/mol. The van der Waals surface area contributed by atoms with Gasteiger partial charge < -0.3 is 10.1 Å². The second-order valence-electron chi connectivity index (χ2n) is 7.81. The highest BCUT2D eigenvalue weighted by molar-refractivity contribution is 6.31. The third kappa shape index (κ3) is 2.85. The van der Waals surface area contributed by atoms with E-state index in [9.17, 15) is 0 Å². The zero-order valence-corrected chi connectivity index (χ0v) is 17.5. The van der Waals surface area contributed by atoms with Crippen LogP contribution < -0.4 is 10.1 Å². The Hall–Kier alpha value is -3.57. The predicted octanol–water partition coefficient (Wildman–Crippen LogP) is 5.80. The van der Waals surface area contributed by atoms with Crippen molar-refractivity contribution in [3.8, 4) is 5.75 Å². The van der Waals surface area contributed by atoms with Gasteiger partial charge in [0.1, 0.15) is 18.1 Å². The van der Waals surface area contributed by atoms with Crippen molar-refractivity contribution in [2.45, 2.75) is 19.1 Å². The van der Waals surface area contributed by atoms with E-state index in [-0.39, 0.29) is 12.1 Å². The summed E-state index contributed by atoms with van der Waals surface area (Å²) in [4.78, 5) is 4.47. The minimum atomic E-state index is -0.366. The van der Waals surface area contributed by atoms with Crippen molar-refractivity contribution < 1.29 is 4.74 Å². The predicted molar refractivity (Wildman–Crippen MR) is 121 cm³/mol. The van der Waals surface area contributed by atoms with E-state index in [4.69, 9.17) is 16.3 Å². The van der Waals surface area contributed by atoms with Crippen molar-refractivity contribution in [2.75, 3.05) is 5.32 Å². The molecule has 152 valence electrons. The number of para-hydroxylation sites is 1. The van der Waals surface area contributed by atoms with Crippen LogP contribution in [0.15, 0.2) is 84.7 Å². The van der Waals surface area contributed by atoms with Crippen molar-refractivity contribution in [1.82, 2.24) is 14.8 Å². The molecule has 4 aromatic rings. The number of aryl methyl sites for hydroxylation is 1. The third-order valence-electron chi connectivity index (χ3n) is 5.90. The minimum Gasteiger partial charge on any atom is -0.480 e. The molecule has 6 rings (SSSR count). The first-order valence-corrected chi connectivity index (χ1v) is 10.6. The molecule has 0 spiro atoms. The zero-order valence-electron chi connectivity index (χ0n) is 16.8. The van der Waals surface area contributed by atoms with Crippen LogP contribution in [0.3, 0.4) is 0 Å². The summed E-state index contributed by atoms with van der Waals surface area (Å²) < 4.78 is 8.51. The van der Waals surface area contributed by atoms with Crippen LogP contribution in [-0.4, -0.2) is 14.8 Å². The molecule has 3 heterocycles. The van der Waals surface area contributed by atoms with E-state index in [1.165, 1.54) is 5.56 Å². The number of fused-ring (bicyclic) bond motifs is 3. The summed E-state index contributed by atoms with van der Waals surface area (Å²) in [6, 6.07) is 24.3. The number of hydrogen-bond acceptors (Lipinski definition) is 4. The van der Waals surface area contributed by atoms with E-state index in [1.54, 1.807) is 6.33 Å². The van der Waals surface area contributed by atoms with Gasteiger partial charge in [0.25, 0.3) is 0 Å². The molecule has 0 unspecified atom stereocenters. The molecule has 0 fully saturated rings. The van der Waals surface area contributed by atoms with Crippen LogP contribution in [0.5, 0.6) is 5.75 Å². The summed E-state index contributed by atoms with van der Waals surface area (Å²) >= 11 is 6.65. The van der Waals surface area contributed by atoms with Crippen molar-refractivity contribution in [1.29, 1.82) is 0 Å². The summed E-state index contributed by atoms with van der Waals surface area (Å²) in [5, 5.41) is 8.74. The molecule has 6 heteroatoms. The fraction of sp³-hybridized carbons (Fsp3) is 0.120. The number of benzene rings is 3. The summed E-state index contributed by atoms with van der Waals surface area (Å²) in [5.74, 6) is 1.52. The Morgan fingerprint density at radius 1 is 0.968 bits per heavy atom. The molecular formula is C25H19ClN4O. The number of halogens is 1. The van der Waals surface area contributed by atoms with Gasteiger partial charge in [-0.25, -0.2) is 4.68 Å². The number of nitrogens with one attached hydrogen (secondary N) is 1. The summed E-state index contributed by atoms with van der Waals surface area (Å²) in [5.41, 5.74) is 6.32. The average Bonchev–Trinajstić information content (AvgIpc) is 3.27. The second kappa shape index (κ2) is 7.00. The van der Waals surface area contributed by atoms with Gasteiger partial charge in [-0.1, -0.05) is 71.8 Å². The van der Waals surface area contributed by atoms with Gasteiger partial charge in [0.2, 0.25) is 5.95 Å². The molecule has 2 aliphatic heterocycles. The van der Waals surface area contributed by atoms with Crippen LogP contribution in [0.2, 0.25) is 5.02 Å². The maximum absolute atomic E-state index is 6.65. The Bertz CT molecular complexity index is 1330. The van der Waals surface area contributed by atoms with E-state index >= 15 is 0 Å². The molecule has 0 radical (unpaired) electrons. The molecule has 5 nitrogen and oxygen atoms in total. The highest BCUT2D eigenvalue weighted by atomic mass is 35.5. The minimum absolute atomic E-state index is 0.177. The van der Waals surface area contributed by atoms with Crippen molar-refractivity contribution >= 4 is 23.2 Å². The highest BCUT2D eigenvalue weighted by Gasteiger charge is 2.41. The summed E-state index contributed by atoms with van der Waals surface area (Å²) in [6.07, 6.45) is 1.22. The summed E-state index contributed by atoms with van der Waals surface area (Å²) in [6.45, 7) is 2.09. The standard InChI is InChI=1S/C25H19ClN4O/c1-15-10-12-16(13-11-15)23-21-22(29-25-27-14-28-30(23)25)18-7-3-5-9-20(18)31-24(21)17-6-2-4-8-19(17)26/h2-14,23-24H,1H3,(H,27,28,29)/t23-,24+/m1/s1. The zero-order chi connectivity index (χ0) is 20.9.